The maximum absolute atomic E-state index is 5.36. The summed E-state index contributed by atoms with van der Waals surface area (Å²) in [7, 11) is 1.82. The van der Waals surface area contributed by atoms with Crippen molar-refractivity contribution >= 4 is 29.9 Å². The first-order chi connectivity index (χ1) is 12.1. The molecule has 1 aliphatic rings. The Morgan fingerprint density at radius 1 is 1.23 bits per heavy atom. The van der Waals surface area contributed by atoms with Crippen LogP contribution in [0.1, 0.15) is 38.3 Å². The fraction of sp³-hybridized carbons (Fsp3) is 0.650. The third-order valence-electron chi connectivity index (χ3n) is 4.86. The minimum absolute atomic E-state index is 0. The van der Waals surface area contributed by atoms with Crippen LogP contribution in [0, 0.1) is 0 Å². The largest absolute Gasteiger partial charge is 0.382 e. The highest BCUT2D eigenvalue weighted by atomic mass is 127. The van der Waals surface area contributed by atoms with E-state index in [2.05, 4.69) is 58.6 Å². The summed E-state index contributed by atoms with van der Waals surface area (Å²) < 4.78 is 5.36. The number of fused-ring (bicyclic) bond motifs is 1. The smallest absolute Gasteiger partial charge is 0.191 e. The first-order valence-electron chi connectivity index (χ1n) is 9.41. The van der Waals surface area contributed by atoms with E-state index in [4.69, 9.17) is 4.74 Å². The van der Waals surface area contributed by atoms with Crippen LogP contribution in [0.3, 0.4) is 0 Å². The first-order valence-corrected chi connectivity index (χ1v) is 9.41. The van der Waals surface area contributed by atoms with Crippen LogP contribution in [-0.4, -0.2) is 56.3 Å². The second-order valence-electron chi connectivity index (χ2n) is 7.16. The molecule has 0 unspecified atom stereocenters. The SMILES string of the molecule is CCOCCCNC(=NC)NCC(C)(C)N1CCc2ccccc2C1.I. The van der Waals surface area contributed by atoms with Crippen molar-refractivity contribution in [3.8, 4) is 0 Å². The van der Waals surface area contributed by atoms with E-state index in [1.54, 1.807) is 0 Å². The third-order valence-corrected chi connectivity index (χ3v) is 4.86. The zero-order valence-corrected chi connectivity index (χ0v) is 19.0. The molecule has 6 heteroatoms. The van der Waals surface area contributed by atoms with Crippen molar-refractivity contribution in [3.05, 3.63) is 35.4 Å². The molecule has 1 aromatic carbocycles. The Balaban J connectivity index is 0.00000338. The number of halogens is 1. The molecule has 0 fully saturated rings. The van der Waals surface area contributed by atoms with E-state index >= 15 is 0 Å². The van der Waals surface area contributed by atoms with Crippen LogP contribution in [-0.2, 0) is 17.7 Å². The number of hydrogen-bond donors (Lipinski definition) is 2. The van der Waals surface area contributed by atoms with Crippen molar-refractivity contribution in [2.24, 2.45) is 4.99 Å². The van der Waals surface area contributed by atoms with Gasteiger partial charge in [-0.15, -0.1) is 24.0 Å². The van der Waals surface area contributed by atoms with E-state index in [1.165, 1.54) is 11.1 Å². The summed E-state index contributed by atoms with van der Waals surface area (Å²) in [5.74, 6) is 0.863. The van der Waals surface area contributed by atoms with Crippen LogP contribution in [0.25, 0.3) is 0 Å². The highest BCUT2D eigenvalue weighted by Crippen LogP contribution is 2.24. The predicted octanol–water partition coefficient (Wildman–Crippen LogP) is 3.03. The number of nitrogens with zero attached hydrogens (tertiary/aromatic N) is 2. The summed E-state index contributed by atoms with van der Waals surface area (Å²) in [4.78, 5) is 6.89. The summed E-state index contributed by atoms with van der Waals surface area (Å²) in [6.45, 7) is 12.1. The minimum atomic E-state index is 0. The van der Waals surface area contributed by atoms with Crippen molar-refractivity contribution in [3.63, 3.8) is 0 Å². The molecule has 0 atom stereocenters. The zero-order chi connectivity index (χ0) is 18.1. The lowest BCUT2D eigenvalue weighted by atomic mass is 9.94. The van der Waals surface area contributed by atoms with Gasteiger partial charge in [-0.25, -0.2) is 0 Å². The van der Waals surface area contributed by atoms with Gasteiger partial charge in [0.2, 0.25) is 0 Å². The molecule has 5 nitrogen and oxygen atoms in total. The van der Waals surface area contributed by atoms with Crippen LogP contribution in [0.4, 0.5) is 0 Å². The zero-order valence-electron chi connectivity index (χ0n) is 16.7. The van der Waals surface area contributed by atoms with Gasteiger partial charge >= 0.3 is 0 Å². The average Bonchev–Trinajstić information content (AvgIpc) is 2.63. The van der Waals surface area contributed by atoms with Crippen molar-refractivity contribution in [2.75, 3.05) is 39.9 Å². The minimum Gasteiger partial charge on any atom is -0.382 e. The number of guanidine groups is 1. The Labute approximate surface area is 176 Å². The van der Waals surface area contributed by atoms with Gasteiger partial charge in [0.15, 0.2) is 5.96 Å². The molecule has 2 N–H and O–H groups in total. The molecule has 0 saturated carbocycles. The third kappa shape index (κ3) is 7.04. The molecule has 0 bridgehead atoms. The molecule has 2 rings (SSSR count). The molecule has 0 saturated heterocycles. The number of benzene rings is 1. The molecular weight excluding hydrogens is 439 g/mol. The molecule has 26 heavy (non-hydrogen) atoms. The van der Waals surface area contributed by atoms with E-state index in [9.17, 15) is 0 Å². The van der Waals surface area contributed by atoms with Crippen LogP contribution in [0.5, 0.6) is 0 Å². The quantitative estimate of drug-likeness (QED) is 0.263. The molecule has 0 amide bonds. The molecule has 0 radical (unpaired) electrons. The molecular formula is C20H35IN4O. The van der Waals surface area contributed by atoms with E-state index in [0.29, 0.717) is 0 Å². The topological polar surface area (TPSA) is 48.9 Å². The van der Waals surface area contributed by atoms with E-state index < -0.39 is 0 Å². The Morgan fingerprint density at radius 2 is 1.96 bits per heavy atom. The fourth-order valence-corrected chi connectivity index (χ4v) is 3.17. The maximum atomic E-state index is 5.36. The van der Waals surface area contributed by atoms with Gasteiger partial charge in [0.25, 0.3) is 0 Å². The van der Waals surface area contributed by atoms with Gasteiger partial charge in [-0.1, -0.05) is 24.3 Å². The highest BCUT2D eigenvalue weighted by Gasteiger charge is 2.29. The normalized spacial score (nSPS) is 15.2. The lowest BCUT2D eigenvalue weighted by molar-refractivity contribution is 0.107. The average molecular weight is 474 g/mol. The Kier molecular flexibility index (Phi) is 10.5. The van der Waals surface area contributed by atoms with E-state index in [1.807, 2.05) is 14.0 Å². The maximum Gasteiger partial charge on any atom is 0.191 e. The van der Waals surface area contributed by atoms with Crippen molar-refractivity contribution in [1.29, 1.82) is 0 Å². The molecule has 1 aliphatic heterocycles. The number of rotatable bonds is 8. The number of nitrogens with one attached hydrogen (secondary N) is 2. The lowest BCUT2D eigenvalue weighted by Gasteiger charge is -2.42. The summed E-state index contributed by atoms with van der Waals surface area (Å²) >= 11 is 0. The van der Waals surface area contributed by atoms with E-state index in [0.717, 1.165) is 58.2 Å². The number of aliphatic imine (C=N–C) groups is 1. The molecule has 148 valence electrons. The van der Waals surface area contributed by atoms with E-state index in [-0.39, 0.29) is 29.5 Å². The van der Waals surface area contributed by atoms with Gasteiger partial charge in [0, 0.05) is 52.0 Å². The Bertz CT molecular complexity index is 562. The van der Waals surface area contributed by atoms with Gasteiger partial charge in [0.1, 0.15) is 0 Å². The van der Waals surface area contributed by atoms with Crippen LogP contribution in [0.15, 0.2) is 29.3 Å². The molecule has 1 aromatic rings. The van der Waals surface area contributed by atoms with Gasteiger partial charge in [-0.05, 0) is 44.7 Å². The van der Waals surface area contributed by atoms with Gasteiger partial charge < -0.3 is 15.4 Å². The summed E-state index contributed by atoms with van der Waals surface area (Å²) in [6.07, 6.45) is 2.12. The van der Waals surface area contributed by atoms with Crippen LogP contribution >= 0.6 is 24.0 Å². The summed E-state index contributed by atoms with van der Waals surface area (Å²) in [5, 5.41) is 6.84. The standard InChI is InChI=1S/C20H34N4O.HI/c1-5-25-14-8-12-22-19(21-4)23-16-20(2,3)24-13-11-17-9-6-7-10-18(17)15-24;/h6-7,9-10H,5,8,11-16H2,1-4H3,(H2,21,22,23);1H. The first kappa shape index (κ1) is 23.2. The van der Waals surface area contributed by atoms with Crippen LogP contribution < -0.4 is 10.6 Å². The number of hydrogen-bond acceptors (Lipinski definition) is 3. The fourth-order valence-electron chi connectivity index (χ4n) is 3.17. The van der Waals surface area contributed by atoms with Gasteiger partial charge in [-0.2, -0.15) is 0 Å². The highest BCUT2D eigenvalue weighted by molar-refractivity contribution is 14.0. The molecule has 0 aliphatic carbocycles. The predicted molar refractivity (Wildman–Crippen MR) is 121 cm³/mol. The van der Waals surface area contributed by atoms with Crippen molar-refractivity contribution < 1.29 is 4.74 Å². The molecule has 0 aromatic heterocycles. The monoisotopic (exact) mass is 474 g/mol. The Morgan fingerprint density at radius 3 is 2.65 bits per heavy atom. The molecule has 1 heterocycles. The van der Waals surface area contributed by atoms with Gasteiger partial charge in [0.05, 0.1) is 0 Å². The van der Waals surface area contributed by atoms with Crippen LogP contribution in [0.2, 0.25) is 0 Å². The number of ether oxygens (including phenoxy) is 1. The Hall–Kier alpha value is -0.860. The van der Waals surface area contributed by atoms with Crippen molar-refractivity contribution in [1.82, 2.24) is 15.5 Å². The summed E-state index contributed by atoms with van der Waals surface area (Å²) in [6, 6.07) is 8.79. The second-order valence-corrected chi connectivity index (χ2v) is 7.16. The summed E-state index contributed by atoms with van der Waals surface area (Å²) in [5.41, 5.74) is 3.02. The van der Waals surface area contributed by atoms with Gasteiger partial charge in [-0.3, -0.25) is 9.89 Å². The lowest BCUT2D eigenvalue weighted by Crippen LogP contribution is -2.54. The molecule has 0 spiro atoms. The van der Waals surface area contributed by atoms with Crippen molar-refractivity contribution in [2.45, 2.75) is 45.7 Å². The second kappa shape index (κ2) is 11.8.